The summed E-state index contributed by atoms with van der Waals surface area (Å²) < 4.78 is 28.5. The first kappa shape index (κ1) is 15.5. The Labute approximate surface area is 111 Å². The smallest absolute Gasteiger partial charge is 0.261 e. The molecule has 0 spiro atoms. The lowest BCUT2D eigenvalue weighted by molar-refractivity contribution is 0.0187. The van der Waals surface area contributed by atoms with Gasteiger partial charge in [-0.1, -0.05) is 6.92 Å². The molecule has 1 heterocycles. The van der Waals surface area contributed by atoms with Crippen LogP contribution in [0, 0.1) is 0 Å². The predicted molar refractivity (Wildman–Crippen MR) is 69.3 cm³/mol. The molecule has 1 unspecified atom stereocenters. The van der Waals surface area contributed by atoms with Crippen LogP contribution in [0.5, 0.6) is 0 Å². The minimum atomic E-state index is -2.39. The van der Waals surface area contributed by atoms with Gasteiger partial charge in [-0.05, 0) is 19.9 Å². The standard InChI is InChI=1S/C12H20F2N2OS/c1-3-5-15-9(2)10-8-18-12(16-10)4-6-17-7-11(13)14/h8-9,11,15H,3-7H2,1-2H3. The van der Waals surface area contributed by atoms with Gasteiger partial charge in [0.25, 0.3) is 6.43 Å². The van der Waals surface area contributed by atoms with Gasteiger partial charge in [0.1, 0.15) is 6.61 Å². The van der Waals surface area contributed by atoms with Crippen LogP contribution in [0.15, 0.2) is 5.38 Å². The molecule has 0 fully saturated rings. The number of aromatic nitrogens is 1. The van der Waals surface area contributed by atoms with Crippen LogP contribution >= 0.6 is 11.3 Å². The summed E-state index contributed by atoms with van der Waals surface area (Å²) in [6, 6.07) is 0.233. The highest BCUT2D eigenvalue weighted by Gasteiger charge is 2.09. The molecule has 1 aromatic rings. The third-order valence-corrected chi connectivity index (χ3v) is 3.34. The largest absolute Gasteiger partial charge is 0.375 e. The first-order valence-corrected chi connectivity index (χ1v) is 7.05. The Kier molecular flexibility index (Phi) is 7.31. The van der Waals surface area contributed by atoms with Crippen molar-refractivity contribution in [1.82, 2.24) is 10.3 Å². The van der Waals surface area contributed by atoms with E-state index in [0.717, 1.165) is 23.7 Å². The molecular formula is C12H20F2N2OS. The predicted octanol–water partition coefficient (Wildman–Crippen LogP) is 3.03. The van der Waals surface area contributed by atoms with Gasteiger partial charge in [0, 0.05) is 17.8 Å². The van der Waals surface area contributed by atoms with Gasteiger partial charge in [0.15, 0.2) is 0 Å². The molecule has 0 amide bonds. The maximum absolute atomic E-state index is 11.8. The van der Waals surface area contributed by atoms with Crippen molar-refractivity contribution in [3.8, 4) is 0 Å². The van der Waals surface area contributed by atoms with E-state index in [-0.39, 0.29) is 6.04 Å². The molecule has 0 aromatic carbocycles. The lowest BCUT2D eigenvalue weighted by atomic mass is 10.2. The second-order valence-corrected chi connectivity index (χ2v) is 5.00. The molecule has 1 N–H and O–H groups in total. The number of nitrogens with zero attached hydrogens (tertiary/aromatic N) is 1. The van der Waals surface area contributed by atoms with E-state index in [9.17, 15) is 8.78 Å². The molecule has 104 valence electrons. The average molecular weight is 278 g/mol. The molecule has 6 heteroatoms. The molecular weight excluding hydrogens is 258 g/mol. The first-order chi connectivity index (χ1) is 8.63. The number of nitrogens with one attached hydrogen (secondary N) is 1. The van der Waals surface area contributed by atoms with Gasteiger partial charge in [0.05, 0.1) is 17.3 Å². The van der Waals surface area contributed by atoms with Crippen molar-refractivity contribution in [2.75, 3.05) is 19.8 Å². The second-order valence-electron chi connectivity index (χ2n) is 4.06. The SMILES string of the molecule is CCCNC(C)c1csc(CCOCC(F)F)n1. The van der Waals surface area contributed by atoms with Crippen molar-refractivity contribution in [2.24, 2.45) is 0 Å². The van der Waals surface area contributed by atoms with Crippen LogP contribution in [-0.4, -0.2) is 31.2 Å². The van der Waals surface area contributed by atoms with Crippen molar-refractivity contribution in [2.45, 2.75) is 39.2 Å². The van der Waals surface area contributed by atoms with E-state index < -0.39 is 13.0 Å². The lowest BCUT2D eigenvalue weighted by Gasteiger charge is -2.09. The molecule has 1 atom stereocenters. The van der Waals surface area contributed by atoms with Crippen LogP contribution in [0.1, 0.15) is 37.0 Å². The highest BCUT2D eigenvalue weighted by Crippen LogP contribution is 2.17. The van der Waals surface area contributed by atoms with Crippen molar-refractivity contribution >= 4 is 11.3 Å². The van der Waals surface area contributed by atoms with Gasteiger partial charge < -0.3 is 10.1 Å². The summed E-state index contributed by atoms with van der Waals surface area (Å²) in [5.74, 6) is 0. The molecule has 18 heavy (non-hydrogen) atoms. The van der Waals surface area contributed by atoms with E-state index in [2.05, 4.69) is 24.1 Å². The van der Waals surface area contributed by atoms with Crippen LogP contribution in [0.4, 0.5) is 8.78 Å². The fourth-order valence-electron chi connectivity index (χ4n) is 1.44. The van der Waals surface area contributed by atoms with E-state index in [0.29, 0.717) is 13.0 Å². The van der Waals surface area contributed by atoms with Gasteiger partial charge in [-0.2, -0.15) is 0 Å². The van der Waals surface area contributed by atoms with Gasteiger partial charge >= 0.3 is 0 Å². The molecule has 1 rings (SSSR count). The summed E-state index contributed by atoms with van der Waals surface area (Å²) in [6.07, 6.45) is -0.712. The molecule has 1 aromatic heterocycles. The molecule has 0 saturated carbocycles. The average Bonchev–Trinajstić information content (AvgIpc) is 2.80. The van der Waals surface area contributed by atoms with E-state index in [1.54, 1.807) is 11.3 Å². The monoisotopic (exact) mass is 278 g/mol. The number of hydrogen-bond donors (Lipinski definition) is 1. The Bertz CT molecular complexity index is 334. The summed E-state index contributed by atoms with van der Waals surface area (Å²) in [5.41, 5.74) is 1.01. The number of thiazole rings is 1. The highest BCUT2D eigenvalue weighted by atomic mass is 32.1. The normalized spacial score (nSPS) is 13.2. The van der Waals surface area contributed by atoms with E-state index in [4.69, 9.17) is 4.74 Å². The van der Waals surface area contributed by atoms with Crippen molar-refractivity contribution in [3.63, 3.8) is 0 Å². The van der Waals surface area contributed by atoms with E-state index in [1.807, 2.05) is 5.38 Å². The Morgan fingerprint density at radius 1 is 1.50 bits per heavy atom. The van der Waals surface area contributed by atoms with Gasteiger partial charge in [-0.15, -0.1) is 11.3 Å². The number of hydrogen-bond acceptors (Lipinski definition) is 4. The zero-order valence-electron chi connectivity index (χ0n) is 10.8. The molecule has 0 bridgehead atoms. The quantitative estimate of drug-likeness (QED) is 0.705. The number of halogens is 2. The van der Waals surface area contributed by atoms with Crippen molar-refractivity contribution in [1.29, 1.82) is 0 Å². The summed E-state index contributed by atoms with van der Waals surface area (Å²) in [7, 11) is 0. The maximum Gasteiger partial charge on any atom is 0.261 e. The van der Waals surface area contributed by atoms with Crippen LogP contribution in [-0.2, 0) is 11.2 Å². The molecule has 0 radical (unpaired) electrons. The fourth-order valence-corrected chi connectivity index (χ4v) is 2.31. The molecule has 3 nitrogen and oxygen atoms in total. The first-order valence-electron chi connectivity index (χ1n) is 6.17. The number of alkyl halides is 2. The third-order valence-electron chi connectivity index (χ3n) is 2.42. The van der Waals surface area contributed by atoms with Crippen LogP contribution in [0.2, 0.25) is 0 Å². The lowest BCUT2D eigenvalue weighted by Crippen LogP contribution is -2.19. The number of ether oxygens (including phenoxy) is 1. The minimum absolute atomic E-state index is 0.233. The van der Waals surface area contributed by atoms with E-state index >= 15 is 0 Å². The van der Waals surface area contributed by atoms with Gasteiger partial charge in [0.2, 0.25) is 0 Å². The fraction of sp³-hybridized carbons (Fsp3) is 0.750. The van der Waals surface area contributed by atoms with Crippen LogP contribution in [0.3, 0.4) is 0 Å². The molecule has 0 aliphatic heterocycles. The zero-order valence-corrected chi connectivity index (χ0v) is 11.6. The van der Waals surface area contributed by atoms with E-state index in [1.165, 1.54) is 0 Å². The minimum Gasteiger partial charge on any atom is -0.375 e. The number of rotatable bonds is 9. The highest BCUT2D eigenvalue weighted by molar-refractivity contribution is 7.09. The third kappa shape index (κ3) is 5.84. The Morgan fingerprint density at radius 3 is 2.94 bits per heavy atom. The molecule has 0 aliphatic carbocycles. The van der Waals surface area contributed by atoms with Crippen LogP contribution in [0.25, 0.3) is 0 Å². The van der Waals surface area contributed by atoms with Gasteiger partial charge in [-0.3, -0.25) is 0 Å². The van der Waals surface area contributed by atoms with Crippen LogP contribution < -0.4 is 5.32 Å². The summed E-state index contributed by atoms with van der Waals surface area (Å²) in [6.45, 7) is 4.96. The van der Waals surface area contributed by atoms with Crippen molar-refractivity contribution in [3.05, 3.63) is 16.1 Å². The zero-order chi connectivity index (χ0) is 13.4. The molecule has 0 saturated heterocycles. The topological polar surface area (TPSA) is 34.1 Å². The van der Waals surface area contributed by atoms with Gasteiger partial charge in [-0.25, -0.2) is 13.8 Å². The Balaban J connectivity index is 2.29. The summed E-state index contributed by atoms with van der Waals surface area (Å²) >= 11 is 1.55. The van der Waals surface area contributed by atoms with Crippen molar-refractivity contribution < 1.29 is 13.5 Å². The summed E-state index contributed by atoms with van der Waals surface area (Å²) in [4.78, 5) is 4.47. The summed E-state index contributed by atoms with van der Waals surface area (Å²) in [5, 5.41) is 6.30. The Hall–Kier alpha value is -0.590. The Morgan fingerprint density at radius 2 is 2.28 bits per heavy atom. The maximum atomic E-state index is 11.8. The molecule has 0 aliphatic rings. The second kappa shape index (κ2) is 8.50.